The first kappa shape index (κ1) is 11.0. The Morgan fingerprint density at radius 3 is 2.50 bits per heavy atom. The molecule has 1 rings (SSSR count). The number of aromatic nitrogens is 1. The van der Waals surface area contributed by atoms with Gasteiger partial charge in [-0.2, -0.15) is 0 Å². The highest BCUT2D eigenvalue weighted by Gasteiger charge is 2.19. The SMILES string of the molecule is Cc1ccnc(NC(C)C(C)(C)C)c1. The van der Waals surface area contributed by atoms with E-state index in [0.29, 0.717) is 6.04 Å². The largest absolute Gasteiger partial charge is 0.367 e. The third-order valence-electron chi connectivity index (χ3n) is 2.58. The van der Waals surface area contributed by atoms with Crippen molar-refractivity contribution in [1.82, 2.24) is 4.98 Å². The van der Waals surface area contributed by atoms with Gasteiger partial charge in [-0.1, -0.05) is 20.8 Å². The van der Waals surface area contributed by atoms with E-state index in [9.17, 15) is 0 Å². The fraction of sp³-hybridized carbons (Fsp3) is 0.583. The number of hydrogen-bond donors (Lipinski definition) is 1. The number of hydrogen-bond acceptors (Lipinski definition) is 2. The molecule has 0 saturated heterocycles. The highest BCUT2D eigenvalue weighted by Crippen LogP contribution is 2.21. The van der Waals surface area contributed by atoms with E-state index in [4.69, 9.17) is 0 Å². The molecule has 0 aliphatic heterocycles. The predicted octanol–water partition coefficient (Wildman–Crippen LogP) is 3.24. The van der Waals surface area contributed by atoms with E-state index in [0.717, 1.165) is 5.82 Å². The summed E-state index contributed by atoms with van der Waals surface area (Å²) in [5, 5.41) is 3.41. The molecule has 1 aromatic rings. The van der Waals surface area contributed by atoms with Crippen LogP contribution in [0, 0.1) is 12.3 Å². The topological polar surface area (TPSA) is 24.9 Å². The van der Waals surface area contributed by atoms with Crippen LogP contribution in [0.3, 0.4) is 0 Å². The van der Waals surface area contributed by atoms with Crippen molar-refractivity contribution in [3.8, 4) is 0 Å². The van der Waals surface area contributed by atoms with Crippen LogP contribution in [-0.4, -0.2) is 11.0 Å². The average Bonchev–Trinajstić information content (AvgIpc) is 2.02. The second-order valence-corrected chi connectivity index (χ2v) is 4.95. The molecule has 2 heteroatoms. The fourth-order valence-electron chi connectivity index (χ4n) is 1.05. The van der Waals surface area contributed by atoms with Gasteiger partial charge >= 0.3 is 0 Å². The lowest BCUT2D eigenvalue weighted by Crippen LogP contribution is -2.31. The number of nitrogens with one attached hydrogen (secondary N) is 1. The van der Waals surface area contributed by atoms with E-state index in [1.165, 1.54) is 5.56 Å². The van der Waals surface area contributed by atoms with E-state index in [1.807, 2.05) is 12.3 Å². The molecule has 2 nitrogen and oxygen atoms in total. The van der Waals surface area contributed by atoms with Crippen LogP contribution in [0.25, 0.3) is 0 Å². The summed E-state index contributed by atoms with van der Waals surface area (Å²) in [6, 6.07) is 4.49. The Morgan fingerprint density at radius 2 is 2.00 bits per heavy atom. The van der Waals surface area contributed by atoms with Gasteiger partial charge in [0.25, 0.3) is 0 Å². The lowest BCUT2D eigenvalue weighted by molar-refractivity contribution is 0.359. The van der Waals surface area contributed by atoms with Crippen LogP contribution in [-0.2, 0) is 0 Å². The fourth-order valence-corrected chi connectivity index (χ4v) is 1.05. The van der Waals surface area contributed by atoms with Crippen molar-refractivity contribution in [2.45, 2.75) is 40.7 Å². The van der Waals surface area contributed by atoms with Crippen LogP contribution in [0.1, 0.15) is 33.3 Å². The van der Waals surface area contributed by atoms with Gasteiger partial charge in [0.05, 0.1) is 0 Å². The Morgan fingerprint density at radius 1 is 1.36 bits per heavy atom. The summed E-state index contributed by atoms with van der Waals surface area (Å²) >= 11 is 0. The smallest absolute Gasteiger partial charge is 0.126 e. The number of rotatable bonds is 2. The highest BCUT2D eigenvalue weighted by molar-refractivity contribution is 5.38. The highest BCUT2D eigenvalue weighted by atomic mass is 15.0. The summed E-state index contributed by atoms with van der Waals surface area (Å²) < 4.78 is 0. The van der Waals surface area contributed by atoms with Crippen molar-refractivity contribution in [1.29, 1.82) is 0 Å². The zero-order chi connectivity index (χ0) is 10.8. The lowest BCUT2D eigenvalue weighted by atomic mass is 9.88. The van der Waals surface area contributed by atoms with E-state index in [1.54, 1.807) is 0 Å². The van der Waals surface area contributed by atoms with Gasteiger partial charge in [0.15, 0.2) is 0 Å². The molecule has 1 atom stereocenters. The van der Waals surface area contributed by atoms with Crippen LogP contribution >= 0.6 is 0 Å². The molecule has 0 aliphatic carbocycles. The first-order valence-electron chi connectivity index (χ1n) is 5.09. The molecule has 1 unspecified atom stereocenters. The molecule has 0 aliphatic rings. The minimum atomic E-state index is 0.255. The Balaban J connectivity index is 2.70. The molecule has 14 heavy (non-hydrogen) atoms. The van der Waals surface area contributed by atoms with E-state index in [2.05, 4.69) is 51.0 Å². The molecule has 1 heterocycles. The zero-order valence-electron chi connectivity index (χ0n) is 9.76. The molecule has 0 spiro atoms. The van der Waals surface area contributed by atoms with Crippen molar-refractivity contribution >= 4 is 5.82 Å². The van der Waals surface area contributed by atoms with Gasteiger partial charge < -0.3 is 5.32 Å². The van der Waals surface area contributed by atoms with Crippen LogP contribution in [0.2, 0.25) is 0 Å². The predicted molar refractivity (Wildman–Crippen MR) is 61.5 cm³/mol. The van der Waals surface area contributed by atoms with Gasteiger partial charge in [-0.15, -0.1) is 0 Å². The summed E-state index contributed by atoms with van der Waals surface area (Å²) in [7, 11) is 0. The molecule has 0 fully saturated rings. The number of aryl methyl sites for hydroxylation is 1. The molecular weight excluding hydrogens is 172 g/mol. The van der Waals surface area contributed by atoms with Crippen molar-refractivity contribution in [2.24, 2.45) is 5.41 Å². The standard InChI is InChI=1S/C12H20N2/c1-9-6-7-13-11(8-9)14-10(2)12(3,4)5/h6-8,10H,1-5H3,(H,13,14). The van der Waals surface area contributed by atoms with E-state index in [-0.39, 0.29) is 5.41 Å². The van der Waals surface area contributed by atoms with Gasteiger partial charge in [-0.25, -0.2) is 4.98 Å². The maximum absolute atomic E-state index is 4.28. The molecule has 0 saturated carbocycles. The van der Waals surface area contributed by atoms with Gasteiger partial charge in [0, 0.05) is 12.2 Å². The van der Waals surface area contributed by atoms with Crippen LogP contribution in [0.5, 0.6) is 0 Å². The van der Waals surface area contributed by atoms with Crippen LogP contribution < -0.4 is 5.32 Å². The molecule has 0 bridgehead atoms. The second-order valence-electron chi connectivity index (χ2n) is 4.95. The molecule has 1 N–H and O–H groups in total. The van der Waals surface area contributed by atoms with Gasteiger partial charge in [-0.05, 0) is 37.0 Å². The maximum atomic E-state index is 4.28. The Labute approximate surface area is 86.8 Å². The molecule has 0 radical (unpaired) electrons. The third kappa shape index (κ3) is 3.02. The first-order valence-corrected chi connectivity index (χ1v) is 5.09. The molecular formula is C12H20N2. The normalized spacial score (nSPS) is 13.8. The average molecular weight is 192 g/mol. The summed E-state index contributed by atoms with van der Waals surface area (Å²) in [6.07, 6.45) is 1.84. The number of pyridine rings is 1. The number of anilines is 1. The summed E-state index contributed by atoms with van der Waals surface area (Å²) in [5.74, 6) is 0.965. The molecule has 0 amide bonds. The van der Waals surface area contributed by atoms with Crippen LogP contribution in [0.15, 0.2) is 18.3 Å². The first-order chi connectivity index (χ1) is 6.39. The summed E-state index contributed by atoms with van der Waals surface area (Å²) in [6.45, 7) is 10.9. The van der Waals surface area contributed by atoms with Crippen LogP contribution in [0.4, 0.5) is 5.82 Å². The maximum Gasteiger partial charge on any atom is 0.126 e. The molecule has 1 aromatic heterocycles. The van der Waals surface area contributed by atoms with Crippen molar-refractivity contribution in [2.75, 3.05) is 5.32 Å². The van der Waals surface area contributed by atoms with Gasteiger partial charge in [0.1, 0.15) is 5.82 Å². The summed E-state index contributed by atoms with van der Waals surface area (Å²) in [4.78, 5) is 4.28. The quantitative estimate of drug-likeness (QED) is 0.778. The minimum Gasteiger partial charge on any atom is -0.367 e. The lowest BCUT2D eigenvalue weighted by Gasteiger charge is -2.28. The molecule has 78 valence electrons. The van der Waals surface area contributed by atoms with Crippen molar-refractivity contribution < 1.29 is 0 Å². The van der Waals surface area contributed by atoms with Crippen molar-refractivity contribution in [3.05, 3.63) is 23.9 Å². The van der Waals surface area contributed by atoms with E-state index >= 15 is 0 Å². The van der Waals surface area contributed by atoms with Crippen molar-refractivity contribution in [3.63, 3.8) is 0 Å². The Kier molecular flexibility index (Phi) is 3.14. The Hall–Kier alpha value is -1.05. The monoisotopic (exact) mass is 192 g/mol. The minimum absolute atomic E-state index is 0.255. The zero-order valence-corrected chi connectivity index (χ0v) is 9.76. The van der Waals surface area contributed by atoms with Gasteiger partial charge in [0.2, 0.25) is 0 Å². The van der Waals surface area contributed by atoms with Gasteiger partial charge in [-0.3, -0.25) is 0 Å². The Bertz CT molecular complexity index is 299. The summed E-state index contributed by atoms with van der Waals surface area (Å²) in [5.41, 5.74) is 1.49. The number of nitrogens with zero attached hydrogens (tertiary/aromatic N) is 1. The second kappa shape index (κ2) is 3.99. The molecule has 0 aromatic carbocycles. The third-order valence-corrected chi connectivity index (χ3v) is 2.58. The van der Waals surface area contributed by atoms with E-state index < -0.39 is 0 Å².